The molecule has 0 aliphatic rings. The van der Waals surface area contributed by atoms with Gasteiger partial charge in [0.2, 0.25) is 0 Å². The van der Waals surface area contributed by atoms with Crippen molar-refractivity contribution in [3.8, 4) is 11.5 Å². The Bertz CT molecular complexity index is 1290. The molecule has 0 bridgehead atoms. The van der Waals surface area contributed by atoms with E-state index in [2.05, 4.69) is 0 Å². The SMILES string of the molecule is Bc1cc(N(Cc2ccc(OC)cc2)C(=O)OC)cc(N(Cc2ccc(OC)cc2)C(=O)OC(C)(C)C)c1Cl. The Balaban J connectivity index is 2.08. The number of rotatable bonds is 8. The minimum atomic E-state index is -0.735. The maximum atomic E-state index is 13.5. The van der Waals surface area contributed by atoms with E-state index >= 15 is 0 Å². The smallest absolute Gasteiger partial charge is 0.415 e. The van der Waals surface area contributed by atoms with Gasteiger partial charge in [0.1, 0.15) is 24.9 Å². The van der Waals surface area contributed by atoms with Gasteiger partial charge >= 0.3 is 12.2 Å². The van der Waals surface area contributed by atoms with E-state index in [4.69, 9.17) is 30.5 Å². The van der Waals surface area contributed by atoms with Crippen LogP contribution in [-0.2, 0) is 22.6 Å². The lowest BCUT2D eigenvalue weighted by Crippen LogP contribution is -2.38. The molecule has 206 valence electrons. The van der Waals surface area contributed by atoms with E-state index in [1.54, 1.807) is 47.1 Å². The predicted octanol–water partition coefficient (Wildman–Crippen LogP) is 5.33. The lowest BCUT2D eigenvalue weighted by molar-refractivity contribution is 0.0577. The van der Waals surface area contributed by atoms with E-state index in [0.29, 0.717) is 33.4 Å². The third-order valence-electron chi connectivity index (χ3n) is 5.83. The van der Waals surface area contributed by atoms with Crippen LogP contribution in [0.15, 0.2) is 60.7 Å². The lowest BCUT2D eigenvalue weighted by Gasteiger charge is -2.30. The van der Waals surface area contributed by atoms with Gasteiger partial charge in [-0.2, -0.15) is 0 Å². The van der Waals surface area contributed by atoms with Gasteiger partial charge in [-0.3, -0.25) is 9.80 Å². The van der Waals surface area contributed by atoms with E-state index in [1.165, 1.54) is 16.9 Å². The second-order valence-corrected chi connectivity index (χ2v) is 10.3. The molecule has 0 N–H and O–H groups in total. The van der Waals surface area contributed by atoms with Crippen molar-refractivity contribution in [3.63, 3.8) is 0 Å². The fourth-order valence-corrected chi connectivity index (χ4v) is 4.06. The third-order valence-corrected chi connectivity index (χ3v) is 6.32. The quantitative estimate of drug-likeness (QED) is 0.352. The number of amides is 2. The molecule has 0 unspecified atom stereocenters. The highest BCUT2D eigenvalue weighted by Gasteiger charge is 2.28. The molecule has 39 heavy (non-hydrogen) atoms. The molecule has 0 fully saturated rings. The van der Waals surface area contributed by atoms with Gasteiger partial charge < -0.3 is 18.9 Å². The number of hydrogen-bond acceptors (Lipinski definition) is 6. The molecule has 0 aliphatic heterocycles. The second-order valence-electron chi connectivity index (χ2n) is 9.91. The van der Waals surface area contributed by atoms with Crippen LogP contribution in [0.1, 0.15) is 31.9 Å². The van der Waals surface area contributed by atoms with Crippen LogP contribution in [0.5, 0.6) is 11.5 Å². The van der Waals surface area contributed by atoms with Crippen molar-refractivity contribution < 1.29 is 28.5 Å². The summed E-state index contributed by atoms with van der Waals surface area (Å²) < 4.78 is 21.3. The third kappa shape index (κ3) is 7.83. The molecule has 0 atom stereocenters. The number of anilines is 2. The molecule has 8 nitrogen and oxygen atoms in total. The van der Waals surface area contributed by atoms with Crippen LogP contribution in [0.2, 0.25) is 5.02 Å². The average Bonchev–Trinajstić information content (AvgIpc) is 2.91. The zero-order chi connectivity index (χ0) is 28.7. The van der Waals surface area contributed by atoms with Crippen molar-refractivity contribution in [1.29, 1.82) is 0 Å². The molecule has 0 spiro atoms. The first-order valence-electron chi connectivity index (χ1n) is 12.4. The Morgan fingerprint density at radius 3 is 1.72 bits per heavy atom. The van der Waals surface area contributed by atoms with Gasteiger partial charge in [-0.25, -0.2) is 9.59 Å². The van der Waals surface area contributed by atoms with Crippen molar-refractivity contribution in [2.45, 2.75) is 39.5 Å². The standard InChI is InChI=1S/C29H34BClN2O6/c1-29(2,3)39-28(35)33(18-20-9-13-23(37-5)14-10-20)25-16-21(15-24(30)26(25)31)32(27(34)38-6)17-19-7-11-22(36-4)12-8-19/h7-16H,17-18,30H2,1-6H3. The molecule has 10 heteroatoms. The molecule has 0 aliphatic carbocycles. The highest BCUT2D eigenvalue weighted by atomic mass is 35.5. The number of ether oxygens (including phenoxy) is 4. The topological polar surface area (TPSA) is 77.5 Å². The van der Waals surface area contributed by atoms with Crippen LogP contribution >= 0.6 is 11.6 Å². The molecule has 3 aromatic rings. The van der Waals surface area contributed by atoms with E-state index in [9.17, 15) is 9.59 Å². The Labute approximate surface area is 235 Å². The fraction of sp³-hybridized carbons (Fsp3) is 0.310. The molecule has 3 aromatic carbocycles. The largest absolute Gasteiger partial charge is 0.497 e. The highest BCUT2D eigenvalue weighted by molar-refractivity contribution is 6.47. The summed E-state index contributed by atoms with van der Waals surface area (Å²) in [5.41, 5.74) is 2.55. The zero-order valence-corrected chi connectivity index (χ0v) is 24.2. The maximum Gasteiger partial charge on any atom is 0.415 e. The number of carbonyl (C=O) groups excluding carboxylic acids is 2. The van der Waals surface area contributed by atoms with E-state index in [1.807, 2.05) is 56.4 Å². The summed E-state index contributed by atoms with van der Waals surface area (Å²) in [5, 5.41) is 0.368. The molecule has 0 saturated heterocycles. The summed E-state index contributed by atoms with van der Waals surface area (Å²) in [5.74, 6) is 1.41. The van der Waals surface area contributed by atoms with Crippen molar-refractivity contribution in [2.75, 3.05) is 31.1 Å². The Kier molecular flexibility index (Phi) is 9.75. The minimum absolute atomic E-state index is 0.179. The number of benzene rings is 3. The first kappa shape index (κ1) is 29.7. The minimum Gasteiger partial charge on any atom is -0.497 e. The first-order chi connectivity index (χ1) is 18.4. The molecule has 0 saturated carbocycles. The number of carbonyl (C=O) groups is 2. The highest BCUT2D eigenvalue weighted by Crippen LogP contribution is 2.33. The fourth-order valence-electron chi connectivity index (χ4n) is 3.85. The molecule has 0 aromatic heterocycles. The van der Waals surface area contributed by atoms with Crippen molar-refractivity contribution >= 4 is 48.5 Å². The maximum absolute atomic E-state index is 13.5. The lowest BCUT2D eigenvalue weighted by atomic mass is 9.94. The predicted molar refractivity (Wildman–Crippen MR) is 157 cm³/mol. The van der Waals surface area contributed by atoms with E-state index in [0.717, 1.165) is 11.1 Å². The summed E-state index contributed by atoms with van der Waals surface area (Å²) >= 11 is 6.78. The van der Waals surface area contributed by atoms with Crippen molar-refractivity contribution in [3.05, 3.63) is 76.8 Å². The summed E-state index contributed by atoms with van der Waals surface area (Å²) in [6, 6.07) is 18.2. The van der Waals surface area contributed by atoms with Gasteiger partial charge in [0.25, 0.3) is 0 Å². The summed E-state index contributed by atoms with van der Waals surface area (Å²) in [6.45, 7) is 5.80. The van der Waals surface area contributed by atoms with Crippen LogP contribution in [0, 0.1) is 0 Å². The van der Waals surface area contributed by atoms with Crippen molar-refractivity contribution in [2.24, 2.45) is 0 Å². The van der Waals surface area contributed by atoms with Gasteiger partial charge in [-0.1, -0.05) is 41.3 Å². The van der Waals surface area contributed by atoms with Crippen LogP contribution in [0.25, 0.3) is 0 Å². The number of methoxy groups -OCH3 is 3. The number of hydrogen-bond donors (Lipinski definition) is 0. The van der Waals surface area contributed by atoms with Crippen LogP contribution in [-0.4, -0.2) is 47.0 Å². The Hall–Kier alpha value is -3.85. The number of halogens is 1. The van der Waals surface area contributed by atoms with Crippen LogP contribution in [0.3, 0.4) is 0 Å². The average molecular weight is 553 g/mol. The summed E-state index contributed by atoms with van der Waals surface area (Å²) in [7, 11) is 6.33. The zero-order valence-electron chi connectivity index (χ0n) is 23.4. The van der Waals surface area contributed by atoms with Gasteiger partial charge in [0.05, 0.1) is 45.1 Å². The Morgan fingerprint density at radius 1 is 0.795 bits per heavy atom. The second kappa shape index (κ2) is 12.8. The van der Waals surface area contributed by atoms with Crippen LogP contribution in [0.4, 0.5) is 21.0 Å². The molecular formula is C29H34BClN2O6. The van der Waals surface area contributed by atoms with Gasteiger partial charge in [0.15, 0.2) is 0 Å². The summed E-state index contributed by atoms with van der Waals surface area (Å²) in [6.07, 6.45) is -1.13. The molecule has 0 radical (unpaired) electrons. The Morgan fingerprint density at radius 2 is 1.28 bits per heavy atom. The monoisotopic (exact) mass is 552 g/mol. The van der Waals surface area contributed by atoms with Gasteiger partial charge in [-0.15, -0.1) is 0 Å². The molecule has 2 amide bonds. The molecule has 0 heterocycles. The summed E-state index contributed by atoms with van der Waals surface area (Å²) in [4.78, 5) is 29.3. The van der Waals surface area contributed by atoms with Gasteiger partial charge in [0, 0.05) is 5.69 Å². The van der Waals surface area contributed by atoms with Crippen molar-refractivity contribution in [1.82, 2.24) is 0 Å². The van der Waals surface area contributed by atoms with E-state index < -0.39 is 17.8 Å². The molecular weight excluding hydrogens is 519 g/mol. The van der Waals surface area contributed by atoms with Gasteiger partial charge in [-0.05, 0) is 68.3 Å². The number of nitrogens with zero attached hydrogens (tertiary/aromatic N) is 2. The normalized spacial score (nSPS) is 10.9. The first-order valence-corrected chi connectivity index (χ1v) is 12.8. The molecule has 3 rings (SSSR count). The van der Waals surface area contributed by atoms with E-state index in [-0.39, 0.29) is 13.1 Å². The van der Waals surface area contributed by atoms with Crippen LogP contribution < -0.4 is 24.7 Å².